The van der Waals surface area contributed by atoms with E-state index in [0.29, 0.717) is 13.1 Å². The van der Waals surface area contributed by atoms with Crippen molar-refractivity contribution in [2.45, 2.75) is 20.3 Å². The Balaban J connectivity index is 0.00000220. The molecular weight excluding hydrogens is 354 g/mol. The van der Waals surface area contributed by atoms with Gasteiger partial charge in [-0.05, 0) is 55.6 Å². The number of carbonyl (C=O) groups is 1. The smallest absolute Gasteiger partial charge is 0.238 e. The molecule has 0 aromatic heterocycles. The third-order valence-corrected chi connectivity index (χ3v) is 4.45. The summed E-state index contributed by atoms with van der Waals surface area (Å²) in [6.07, 6.45) is 1.06. The molecule has 1 heterocycles. The fourth-order valence-corrected chi connectivity index (χ4v) is 3.06. The number of nitrogens with one attached hydrogen (secondary N) is 1. The number of rotatable bonds is 4. The van der Waals surface area contributed by atoms with E-state index in [1.807, 2.05) is 25.1 Å². The molecule has 1 unspecified atom stereocenters. The van der Waals surface area contributed by atoms with Crippen molar-refractivity contribution < 1.29 is 4.79 Å². The van der Waals surface area contributed by atoms with Crippen LogP contribution in [0.5, 0.6) is 0 Å². The number of amides is 1. The highest BCUT2D eigenvalue weighted by atomic mass is 79.9. The summed E-state index contributed by atoms with van der Waals surface area (Å²) in [4.78, 5) is 14.3. The van der Waals surface area contributed by atoms with E-state index in [1.54, 1.807) is 0 Å². The third kappa shape index (κ3) is 4.95. The Morgan fingerprint density at radius 3 is 2.81 bits per heavy atom. The van der Waals surface area contributed by atoms with Crippen molar-refractivity contribution in [1.29, 1.82) is 0 Å². The molecule has 1 amide bonds. The zero-order valence-corrected chi connectivity index (χ0v) is 14.9. The number of nitrogens with two attached hydrogens (primary N) is 1. The van der Waals surface area contributed by atoms with Gasteiger partial charge < -0.3 is 11.1 Å². The van der Waals surface area contributed by atoms with Gasteiger partial charge in [0.15, 0.2) is 0 Å². The Morgan fingerprint density at radius 1 is 1.52 bits per heavy atom. The van der Waals surface area contributed by atoms with Crippen LogP contribution in [0.15, 0.2) is 22.7 Å². The van der Waals surface area contributed by atoms with Crippen LogP contribution in [-0.2, 0) is 4.79 Å². The van der Waals surface area contributed by atoms with E-state index in [1.165, 1.54) is 0 Å². The summed E-state index contributed by atoms with van der Waals surface area (Å²) >= 11 is 3.42. The van der Waals surface area contributed by atoms with E-state index < -0.39 is 0 Å². The van der Waals surface area contributed by atoms with E-state index in [2.05, 4.69) is 33.1 Å². The predicted molar refractivity (Wildman–Crippen MR) is 93.0 cm³/mol. The Kier molecular flexibility index (Phi) is 6.66. The molecule has 118 valence electrons. The molecule has 1 fully saturated rings. The number of benzene rings is 1. The zero-order valence-electron chi connectivity index (χ0n) is 12.5. The SMILES string of the molecule is Cc1cc(Br)ccc1NC(=O)CN1CCC(C)(CN)C1.Cl. The summed E-state index contributed by atoms with van der Waals surface area (Å²) in [5.41, 5.74) is 7.88. The summed E-state index contributed by atoms with van der Waals surface area (Å²) in [5, 5.41) is 2.98. The molecule has 3 N–H and O–H groups in total. The lowest BCUT2D eigenvalue weighted by Gasteiger charge is -2.22. The topological polar surface area (TPSA) is 58.4 Å². The standard InChI is InChI=1S/C15H22BrN3O.ClH/c1-11-7-12(16)3-4-13(11)18-14(20)8-19-6-5-15(2,9-17)10-19;/h3-4,7H,5-6,8-10,17H2,1-2H3,(H,18,20);1H. The number of hydrogen-bond acceptors (Lipinski definition) is 3. The first-order valence-corrected chi connectivity index (χ1v) is 7.70. The van der Waals surface area contributed by atoms with E-state index in [4.69, 9.17) is 5.73 Å². The van der Waals surface area contributed by atoms with Crippen LogP contribution in [-0.4, -0.2) is 37.0 Å². The van der Waals surface area contributed by atoms with Crippen LogP contribution >= 0.6 is 28.3 Å². The minimum Gasteiger partial charge on any atom is -0.330 e. The highest BCUT2D eigenvalue weighted by Crippen LogP contribution is 2.28. The van der Waals surface area contributed by atoms with Gasteiger partial charge in [0, 0.05) is 16.7 Å². The third-order valence-electron chi connectivity index (χ3n) is 3.96. The van der Waals surface area contributed by atoms with E-state index in [-0.39, 0.29) is 23.7 Å². The van der Waals surface area contributed by atoms with Crippen LogP contribution < -0.4 is 11.1 Å². The molecule has 0 saturated carbocycles. The minimum atomic E-state index is 0. The van der Waals surface area contributed by atoms with Crippen molar-refractivity contribution in [1.82, 2.24) is 4.90 Å². The Labute approximate surface area is 141 Å². The Morgan fingerprint density at radius 2 is 2.24 bits per heavy atom. The second-order valence-electron chi connectivity index (χ2n) is 5.98. The number of halogens is 2. The molecule has 6 heteroatoms. The first-order valence-electron chi connectivity index (χ1n) is 6.90. The van der Waals surface area contributed by atoms with Crippen LogP contribution in [0.3, 0.4) is 0 Å². The molecule has 1 atom stereocenters. The molecule has 2 rings (SSSR count). The molecule has 1 saturated heterocycles. The van der Waals surface area contributed by atoms with Crippen LogP contribution in [0.2, 0.25) is 0 Å². The van der Waals surface area contributed by atoms with Gasteiger partial charge in [-0.25, -0.2) is 0 Å². The lowest BCUT2D eigenvalue weighted by atomic mass is 9.90. The maximum atomic E-state index is 12.1. The van der Waals surface area contributed by atoms with Crippen molar-refractivity contribution in [2.24, 2.45) is 11.1 Å². The highest BCUT2D eigenvalue weighted by molar-refractivity contribution is 9.10. The number of carbonyl (C=O) groups excluding carboxylic acids is 1. The van der Waals surface area contributed by atoms with Crippen molar-refractivity contribution >= 4 is 39.9 Å². The van der Waals surface area contributed by atoms with Crippen molar-refractivity contribution in [3.05, 3.63) is 28.2 Å². The number of anilines is 1. The first kappa shape index (κ1) is 18.4. The molecular formula is C15H23BrClN3O. The molecule has 21 heavy (non-hydrogen) atoms. The van der Waals surface area contributed by atoms with E-state index in [9.17, 15) is 4.79 Å². The maximum Gasteiger partial charge on any atom is 0.238 e. The van der Waals surface area contributed by atoms with Gasteiger partial charge in [0.25, 0.3) is 0 Å². The van der Waals surface area contributed by atoms with Crippen LogP contribution in [0.4, 0.5) is 5.69 Å². The summed E-state index contributed by atoms with van der Waals surface area (Å²) in [7, 11) is 0. The summed E-state index contributed by atoms with van der Waals surface area (Å²) in [5.74, 6) is 0.0386. The second kappa shape index (κ2) is 7.58. The van der Waals surface area contributed by atoms with Gasteiger partial charge >= 0.3 is 0 Å². The summed E-state index contributed by atoms with van der Waals surface area (Å²) < 4.78 is 1.02. The summed E-state index contributed by atoms with van der Waals surface area (Å²) in [6, 6.07) is 5.85. The van der Waals surface area contributed by atoms with Gasteiger partial charge in [-0.2, -0.15) is 0 Å². The lowest BCUT2D eigenvalue weighted by Crippen LogP contribution is -2.35. The number of likely N-dealkylation sites (tertiary alicyclic amines) is 1. The average molecular weight is 377 g/mol. The van der Waals surface area contributed by atoms with Crippen LogP contribution in [0.1, 0.15) is 18.9 Å². The molecule has 1 aliphatic heterocycles. The number of hydrogen-bond donors (Lipinski definition) is 2. The molecule has 1 aliphatic rings. The molecule has 0 bridgehead atoms. The van der Waals surface area contributed by atoms with Crippen LogP contribution in [0.25, 0.3) is 0 Å². The fraction of sp³-hybridized carbons (Fsp3) is 0.533. The predicted octanol–water partition coefficient (Wildman–Crippen LogP) is 2.79. The van der Waals surface area contributed by atoms with Gasteiger partial charge in [-0.15, -0.1) is 12.4 Å². The largest absolute Gasteiger partial charge is 0.330 e. The number of aryl methyl sites for hydroxylation is 1. The van der Waals surface area contributed by atoms with Gasteiger partial charge in [0.2, 0.25) is 5.91 Å². The highest BCUT2D eigenvalue weighted by Gasteiger charge is 2.33. The van der Waals surface area contributed by atoms with Crippen LogP contribution in [0, 0.1) is 12.3 Å². The van der Waals surface area contributed by atoms with Gasteiger partial charge in [0.05, 0.1) is 6.54 Å². The second-order valence-corrected chi connectivity index (χ2v) is 6.90. The number of nitrogens with zero attached hydrogens (tertiary/aromatic N) is 1. The average Bonchev–Trinajstić information content (AvgIpc) is 2.75. The molecule has 0 radical (unpaired) electrons. The normalized spacial score (nSPS) is 21.9. The monoisotopic (exact) mass is 375 g/mol. The van der Waals surface area contributed by atoms with Crippen molar-refractivity contribution in [3.63, 3.8) is 0 Å². The fourth-order valence-electron chi connectivity index (χ4n) is 2.59. The van der Waals surface area contributed by atoms with Gasteiger partial charge in [-0.3, -0.25) is 9.69 Å². The molecule has 4 nitrogen and oxygen atoms in total. The van der Waals surface area contributed by atoms with E-state index in [0.717, 1.165) is 35.2 Å². The van der Waals surface area contributed by atoms with Gasteiger partial charge in [0.1, 0.15) is 0 Å². The van der Waals surface area contributed by atoms with Crippen molar-refractivity contribution in [2.75, 3.05) is 31.5 Å². The minimum absolute atomic E-state index is 0. The van der Waals surface area contributed by atoms with Gasteiger partial charge in [-0.1, -0.05) is 22.9 Å². The maximum absolute atomic E-state index is 12.1. The quantitative estimate of drug-likeness (QED) is 0.849. The Bertz CT molecular complexity index is 512. The molecule has 1 aromatic carbocycles. The zero-order chi connectivity index (χ0) is 14.8. The molecule has 0 spiro atoms. The van der Waals surface area contributed by atoms with Crippen molar-refractivity contribution in [3.8, 4) is 0 Å². The molecule has 1 aromatic rings. The molecule has 0 aliphatic carbocycles. The Hall–Kier alpha value is -0.620. The summed E-state index contributed by atoms with van der Waals surface area (Å²) in [6.45, 7) is 7.13. The first-order chi connectivity index (χ1) is 9.42. The lowest BCUT2D eigenvalue weighted by molar-refractivity contribution is -0.117. The van der Waals surface area contributed by atoms with E-state index >= 15 is 0 Å².